The van der Waals surface area contributed by atoms with E-state index in [1.54, 1.807) is 26.1 Å². The monoisotopic (exact) mass is 292 g/mol. The zero-order valence-electron chi connectivity index (χ0n) is 11.0. The largest absolute Gasteiger partial charge is 0.460 e. The molecule has 0 unspecified atom stereocenters. The Morgan fingerprint density at radius 3 is 2.95 bits per heavy atom. The Kier molecular flexibility index (Phi) is 4.47. The summed E-state index contributed by atoms with van der Waals surface area (Å²) in [5.74, 6) is 0.0448. The molecule has 2 heterocycles. The maximum Gasteiger partial charge on any atom is 0.332 e. The van der Waals surface area contributed by atoms with Crippen molar-refractivity contribution in [3.05, 3.63) is 35.9 Å². The van der Waals surface area contributed by atoms with Crippen molar-refractivity contribution in [3.63, 3.8) is 0 Å². The van der Waals surface area contributed by atoms with E-state index in [1.165, 1.54) is 29.5 Å². The third kappa shape index (κ3) is 3.89. The minimum Gasteiger partial charge on any atom is -0.460 e. The maximum atomic E-state index is 11.4. The number of pyridine rings is 1. The van der Waals surface area contributed by atoms with Crippen LogP contribution < -0.4 is 0 Å². The van der Waals surface area contributed by atoms with E-state index in [0.29, 0.717) is 16.4 Å². The lowest BCUT2D eigenvalue weighted by Crippen LogP contribution is -2.08. The fraction of sp³-hybridized carbons (Fsp3) is 0.231. The summed E-state index contributed by atoms with van der Waals surface area (Å²) < 4.78 is 6.38. The fourth-order valence-corrected chi connectivity index (χ4v) is 1.60. The van der Waals surface area contributed by atoms with Crippen LogP contribution in [-0.4, -0.2) is 31.8 Å². The summed E-state index contributed by atoms with van der Waals surface area (Å²) >= 11 is 5.85. The number of aromatic nitrogens is 4. The number of rotatable bonds is 4. The van der Waals surface area contributed by atoms with Crippen LogP contribution in [0.25, 0.3) is 17.6 Å². The van der Waals surface area contributed by atoms with Crippen LogP contribution in [0.3, 0.4) is 0 Å². The van der Waals surface area contributed by atoms with Crippen molar-refractivity contribution < 1.29 is 9.53 Å². The van der Waals surface area contributed by atoms with Gasteiger partial charge in [-0.25, -0.2) is 14.5 Å². The van der Waals surface area contributed by atoms with E-state index in [0.717, 1.165) is 0 Å². The first kappa shape index (κ1) is 14.2. The van der Waals surface area contributed by atoms with Crippen LogP contribution in [0.2, 0.25) is 5.02 Å². The van der Waals surface area contributed by atoms with Gasteiger partial charge in [-0.3, -0.25) is 4.98 Å². The quantitative estimate of drug-likeness (QED) is 0.639. The van der Waals surface area contributed by atoms with E-state index >= 15 is 0 Å². The van der Waals surface area contributed by atoms with E-state index < -0.39 is 5.97 Å². The summed E-state index contributed by atoms with van der Waals surface area (Å²) in [6.45, 7) is 3.57. The Labute approximate surface area is 121 Å². The third-order valence-electron chi connectivity index (χ3n) is 2.19. The molecule has 2 aromatic heterocycles. The van der Waals surface area contributed by atoms with E-state index in [1.807, 2.05) is 0 Å². The number of carbonyl (C=O) groups excluding carboxylic acids is 1. The van der Waals surface area contributed by atoms with Gasteiger partial charge in [0.25, 0.3) is 0 Å². The highest BCUT2D eigenvalue weighted by Gasteiger charge is 2.05. The highest BCUT2D eigenvalue weighted by atomic mass is 35.5. The summed E-state index contributed by atoms with van der Waals surface area (Å²) in [5.41, 5.74) is 0.703. The van der Waals surface area contributed by atoms with E-state index in [4.69, 9.17) is 16.3 Å². The number of hydrogen-bond acceptors (Lipinski definition) is 5. The van der Waals surface area contributed by atoms with Crippen LogP contribution in [0.5, 0.6) is 0 Å². The summed E-state index contributed by atoms with van der Waals surface area (Å²) in [7, 11) is 0. The molecule has 0 aliphatic carbocycles. The molecule has 0 spiro atoms. The second-order valence-electron chi connectivity index (χ2n) is 4.24. The Morgan fingerprint density at radius 1 is 1.45 bits per heavy atom. The molecule has 0 fully saturated rings. The van der Waals surface area contributed by atoms with Crippen LogP contribution in [0, 0.1) is 0 Å². The molecule has 0 saturated heterocycles. The van der Waals surface area contributed by atoms with Gasteiger partial charge in [-0.05, 0) is 19.9 Å². The Hall–Kier alpha value is -2.21. The van der Waals surface area contributed by atoms with Gasteiger partial charge < -0.3 is 4.74 Å². The summed E-state index contributed by atoms with van der Waals surface area (Å²) in [5, 5.41) is 4.69. The molecule has 2 rings (SSSR count). The van der Waals surface area contributed by atoms with Gasteiger partial charge in [0.15, 0.2) is 5.82 Å². The van der Waals surface area contributed by atoms with Gasteiger partial charge in [-0.2, -0.15) is 0 Å². The van der Waals surface area contributed by atoms with Crippen molar-refractivity contribution in [3.8, 4) is 11.4 Å². The van der Waals surface area contributed by atoms with Crippen molar-refractivity contribution in [1.29, 1.82) is 0 Å². The Balaban J connectivity index is 2.10. The van der Waals surface area contributed by atoms with Gasteiger partial charge in [-0.1, -0.05) is 11.6 Å². The van der Waals surface area contributed by atoms with Crippen molar-refractivity contribution in [2.45, 2.75) is 20.0 Å². The molecule has 0 N–H and O–H groups in total. The first-order valence-electron chi connectivity index (χ1n) is 5.95. The van der Waals surface area contributed by atoms with Gasteiger partial charge in [0.05, 0.1) is 11.1 Å². The van der Waals surface area contributed by atoms with Gasteiger partial charge >= 0.3 is 5.97 Å². The SMILES string of the molecule is CC(C)OC(=O)C=Cn1cnc(-c2cncc(Cl)c2)n1. The molecule has 6 nitrogen and oxygen atoms in total. The van der Waals surface area contributed by atoms with E-state index in [-0.39, 0.29) is 6.10 Å². The van der Waals surface area contributed by atoms with Crippen molar-refractivity contribution >= 4 is 23.8 Å². The second-order valence-corrected chi connectivity index (χ2v) is 4.68. The van der Waals surface area contributed by atoms with Crippen molar-refractivity contribution in [1.82, 2.24) is 19.7 Å². The molecule has 20 heavy (non-hydrogen) atoms. The summed E-state index contributed by atoms with van der Waals surface area (Å²) in [6.07, 6.45) is 7.23. The first-order valence-corrected chi connectivity index (χ1v) is 6.33. The average Bonchev–Trinajstić information content (AvgIpc) is 2.84. The minimum atomic E-state index is -0.429. The Bertz CT molecular complexity index is 637. The summed E-state index contributed by atoms with van der Waals surface area (Å²) in [4.78, 5) is 19.4. The lowest BCUT2D eigenvalue weighted by molar-refractivity contribution is -0.141. The highest BCUT2D eigenvalue weighted by molar-refractivity contribution is 6.30. The van der Waals surface area contributed by atoms with Crippen LogP contribution in [0.1, 0.15) is 13.8 Å². The highest BCUT2D eigenvalue weighted by Crippen LogP contribution is 2.17. The fourth-order valence-electron chi connectivity index (χ4n) is 1.42. The van der Waals surface area contributed by atoms with E-state index in [9.17, 15) is 4.79 Å². The maximum absolute atomic E-state index is 11.4. The number of halogens is 1. The minimum absolute atomic E-state index is 0.156. The van der Waals surface area contributed by atoms with Crippen LogP contribution in [0.4, 0.5) is 0 Å². The predicted molar refractivity (Wildman–Crippen MR) is 74.8 cm³/mol. The molecule has 0 atom stereocenters. The molecule has 7 heteroatoms. The molecule has 0 aliphatic rings. The number of hydrogen-bond donors (Lipinski definition) is 0. The van der Waals surface area contributed by atoms with Gasteiger partial charge in [0.1, 0.15) is 6.33 Å². The topological polar surface area (TPSA) is 69.9 Å². The molecule has 104 valence electrons. The predicted octanol–water partition coefficient (Wildman–Crippen LogP) is 2.42. The molecular weight excluding hydrogens is 280 g/mol. The first-order chi connectivity index (χ1) is 9.54. The molecule has 0 aliphatic heterocycles. The molecule has 0 amide bonds. The smallest absolute Gasteiger partial charge is 0.332 e. The van der Waals surface area contributed by atoms with Crippen molar-refractivity contribution in [2.75, 3.05) is 0 Å². The molecule has 0 radical (unpaired) electrons. The van der Waals surface area contributed by atoms with Gasteiger partial charge in [0, 0.05) is 30.2 Å². The zero-order valence-corrected chi connectivity index (χ0v) is 11.8. The molecular formula is C13H13ClN4O2. The number of ether oxygens (including phenoxy) is 1. The molecule has 0 saturated carbocycles. The van der Waals surface area contributed by atoms with Gasteiger partial charge in [-0.15, -0.1) is 5.10 Å². The number of esters is 1. The zero-order chi connectivity index (χ0) is 14.5. The lowest BCUT2D eigenvalue weighted by atomic mass is 10.3. The van der Waals surface area contributed by atoms with Crippen LogP contribution in [-0.2, 0) is 9.53 Å². The average molecular weight is 293 g/mol. The Morgan fingerprint density at radius 2 is 2.25 bits per heavy atom. The summed E-state index contributed by atoms with van der Waals surface area (Å²) in [6, 6.07) is 1.71. The number of nitrogens with zero attached hydrogens (tertiary/aromatic N) is 4. The van der Waals surface area contributed by atoms with Crippen LogP contribution in [0.15, 0.2) is 30.9 Å². The second kappa shape index (κ2) is 6.29. The van der Waals surface area contributed by atoms with Crippen molar-refractivity contribution in [2.24, 2.45) is 0 Å². The standard InChI is InChI=1S/C13H13ClN4O2/c1-9(2)20-12(19)3-4-18-8-16-13(17-18)10-5-11(14)7-15-6-10/h3-9H,1-2H3. The molecule has 2 aromatic rings. The lowest BCUT2D eigenvalue weighted by Gasteiger charge is -2.03. The third-order valence-corrected chi connectivity index (χ3v) is 2.39. The normalized spacial score (nSPS) is 11.2. The molecule has 0 bridgehead atoms. The molecule has 0 aromatic carbocycles. The van der Waals surface area contributed by atoms with E-state index in [2.05, 4.69) is 15.1 Å². The van der Waals surface area contributed by atoms with Crippen LogP contribution >= 0.6 is 11.6 Å². The number of carbonyl (C=O) groups is 1. The van der Waals surface area contributed by atoms with Gasteiger partial charge in [0.2, 0.25) is 0 Å².